The van der Waals surface area contributed by atoms with Crippen molar-refractivity contribution in [3.05, 3.63) is 69.7 Å². The standard InChI is InChI=1S/C20H17Cl2F3N2O/c21-17-5-2-6-18(22)16(17)7-8-19(28)27-11-9-26(10-12-27)15-4-1-3-14(13-15)20(23,24)25/h1-8,13H,9-12H2. The normalized spacial score (nSPS) is 15.3. The van der Waals surface area contributed by atoms with Gasteiger partial charge in [0.1, 0.15) is 0 Å². The smallest absolute Gasteiger partial charge is 0.368 e. The molecule has 0 atom stereocenters. The maximum Gasteiger partial charge on any atom is 0.416 e. The molecule has 1 aliphatic heterocycles. The second-order valence-electron chi connectivity index (χ2n) is 6.33. The molecule has 28 heavy (non-hydrogen) atoms. The van der Waals surface area contributed by atoms with Crippen LogP contribution in [0.3, 0.4) is 0 Å². The molecule has 3 nitrogen and oxygen atoms in total. The lowest BCUT2D eigenvalue weighted by Gasteiger charge is -2.36. The van der Waals surface area contributed by atoms with E-state index in [1.807, 2.05) is 4.90 Å². The van der Waals surface area contributed by atoms with Crippen molar-refractivity contribution in [2.45, 2.75) is 6.18 Å². The van der Waals surface area contributed by atoms with Gasteiger partial charge >= 0.3 is 6.18 Å². The highest BCUT2D eigenvalue weighted by Gasteiger charge is 2.31. The van der Waals surface area contributed by atoms with Crippen molar-refractivity contribution in [2.75, 3.05) is 31.1 Å². The Kier molecular flexibility index (Phi) is 6.20. The summed E-state index contributed by atoms with van der Waals surface area (Å²) in [7, 11) is 0. The minimum atomic E-state index is -4.38. The summed E-state index contributed by atoms with van der Waals surface area (Å²) >= 11 is 12.2. The molecule has 0 spiro atoms. The lowest BCUT2D eigenvalue weighted by Crippen LogP contribution is -2.48. The van der Waals surface area contributed by atoms with Gasteiger partial charge in [-0.1, -0.05) is 35.3 Å². The van der Waals surface area contributed by atoms with E-state index in [4.69, 9.17) is 23.2 Å². The highest BCUT2D eigenvalue weighted by Crippen LogP contribution is 2.32. The number of hydrogen-bond acceptors (Lipinski definition) is 2. The van der Waals surface area contributed by atoms with Crippen molar-refractivity contribution < 1.29 is 18.0 Å². The van der Waals surface area contributed by atoms with Crippen LogP contribution in [0.1, 0.15) is 11.1 Å². The Balaban J connectivity index is 1.62. The van der Waals surface area contributed by atoms with E-state index in [2.05, 4.69) is 0 Å². The molecule has 0 aliphatic carbocycles. The number of piperazine rings is 1. The van der Waals surface area contributed by atoms with Gasteiger partial charge in [0.15, 0.2) is 0 Å². The minimum absolute atomic E-state index is 0.195. The fourth-order valence-electron chi connectivity index (χ4n) is 2.99. The number of hydrogen-bond donors (Lipinski definition) is 0. The summed E-state index contributed by atoms with van der Waals surface area (Å²) in [4.78, 5) is 15.9. The quantitative estimate of drug-likeness (QED) is 0.613. The van der Waals surface area contributed by atoms with Gasteiger partial charge in [-0.3, -0.25) is 4.79 Å². The van der Waals surface area contributed by atoms with Crippen molar-refractivity contribution in [2.24, 2.45) is 0 Å². The van der Waals surface area contributed by atoms with E-state index in [1.165, 1.54) is 12.1 Å². The first-order valence-electron chi connectivity index (χ1n) is 8.59. The third-order valence-corrected chi connectivity index (χ3v) is 5.18. The summed E-state index contributed by atoms with van der Waals surface area (Å²) in [5.41, 5.74) is 0.394. The second kappa shape index (κ2) is 8.45. The predicted octanol–water partition coefficient (Wildman–Crippen LogP) is 5.37. The van der Waals surface area contributed by atoms with Crippen LogP contribution in [0.5, 0.6) is 0 Å². The molecule has 148 valence electrons. The third-order valence-electron chi connectivity index (χ3n) is 4.52. The molecule has 8 heteroatoms. The number of nitrogens with zero attached hydrogens (tertiary/aromatic N) is 2. The first-order valence-corrected chi connectivity index (χ1v) is 9.34. The Bertz CT molecular complexity index is 871. The van der Waals surface area contributed by atoms with E-state index in [1.54, 1.807) is 35.2 Å². The Morgan fingerprint density at radius 3 is 2.18 bits per heavy atom. The Morgan fingerprint density at radius 2 is 1.57 bits per heavy atom. The zero-order valence-electron chi connectivity index (χ0n) is 14.7. The maximum atomic E-state index is 12.9. The minimum Gasteiger partial charge on any atom is -0.368 e. The number of benzene rings is 2. The van der Waals surface area contributed by atoms with Gasteiger partial charge in [-0.2, -0.15) is 13.2 Å². The fraction of sp³-hybridized carbons (Fsp3) is 0.250. The predicted molar refractivity (Wildman–Crippen MR) is 106 cm³/mol. The van der Waals surface area contributed by atoms with Crippen LogP contribution in [-0.4, -0.2) is 37.0 Å². The monoisotopic (exact) mass is 428 g/mol. The van der Waals surface area contributed by atoms with Gasteiger partial charge in [-0.05, 0) is 36.4 Å². The molecule has 1 amide bonds. The maximum absolute atomic E-state index is 12.9. The number of amides is 1. The van der Waals surface area contributed by atoms with Crippen molar-refractivity contribution >= 4 is 40.9 Å². The highest BCUT2D eigenvalue weighted by atomic mass is 35.5. The topological polar surface area (TPSA) is 23.6 Å². The first kappa shape index (κ1) is 20.6. The van der Waals surface area contributed by atoms with Crippen LogP contribution in [0.2, 0.25) is 10.0 Å². The SMILES string of the molecule is O=C(C=Cc1c(Cl)cccc1Cl)N1CCN(c2cccc(C(F)(F)F)c2)CC1. The molecular weight excluding hydrogens is 412 g/mol. The number of anilines is 1. The molecule has 0 aromatic heterocycles. The summed E-state index contributed by atoms with van der Waals surface area (Å²) < 4.78 is 38.7. The summed E-state index contributed by atoms with van der Waals surface area (Å²) in [5.74, 6) is -0.195. The molecule has 3 rings (SSSR count). The average Bonchev–Trinajstić information content (AvgIpc) is 2.67. The van der Waals surface area contributed by atoms with Crippen molar-refractivity contribution in [1.82, 2.24) is 4.90 Å². The van der Waals surface area contributed by atoms with Gasteiger partial charge in [0.2, 0.25) is 5.91 Å². The number of alkyl halides is 3. The number of rotatable bonds is 3. The zero-order chi connectivity index (χ0) is 20.3. The van der Waals surface area contributed by atoms with Gasteiger partial charge < -0.3 is 9.80 Å². The van der Waals surface area contributed by atoms with E-state index < -0.39 is 11.7 Å². The summed E-state index contributed by atoms with van der Waals surface area (Å²) in [6, 6.07) is 10.3. The van der Waals surface area contributed by atoms with Crippen LogP contribution in [0.25, 0.3) is 6.08 Å². The number of carbonyl (C=O) groups is 1. The van der Waals surface area contributed by atoms with Crippen LogP contribution < -0.4 is 4.90 Å². The van der Waals surface area contributed by atoms with Crippen LogP contribution >= 0.6 is 23.2 Å². The molecule has 1 fully saturated rings. The lowest BCUT2D eigenvalue weighted by atomic mass is 10.1. The molecule has 1 heterocycles. The van der Waals surface area contributed by atoms with Gasteiger partial charge in [0, 0.05) is 53.6 Å². The summed E-state index contributed by atoms with van der Waals surface area (Å²) in [5, 5.41) is 0.900. The van der Waals surface area contributed by atoms with E-state index in [0.29, 0.717) is 47.5 Å². The van der Waals surface area contributed by atoms with E-state index >= 15 is 0 Å². The molecule has 1 saturated heterocycles. The van der Waals surface area contributed by atoms with Crippen LogP contribution in [-0.2, 0) is 11.0 Å². The highest BCUT2D eigenvalue weighted by molar-refractivity contribution is 6.37. The second-order valence-corrected chi connectivity index (χ2v) is 7.14. The van der Waals surface area contributed by atoms with Crippen LogP contribution in [0, 0.1) is 0 Å². The van der Waals surface area contributed by atoms with Crippen molar-refractivity contribution in [3.63, 3.8) is 0 Å². The van der Waals surface area contributed by atoms with Gasteiger partial charge in [0.25, 0.3) is 0 Å². The zero-order valence-corrected chi connectivity index (χ0v) is 16.2. The number of carbonyl (C=O) groups excluding carboxylic acids is 1. The number of halogens is 5. The van der Waals surface area contributed by atoms with Crippen LogP contribution in [0.15, 0.2) is 48.5 Å². The Labute approximate surface area is 170 Å². The van der Waals surface area contributed by atoms with E-state index in [9.17, 15) is 18.0 Å². The molecule has 0 N–H and O–H groups in total. The summed E-state index contributed by atoms with van der Waals surface area (Å²) in [6.07, 6.45) is -1.39. The van der Waals surface area contributed by atoms with Gasteiger partial charge in [-0.15, -0.1) is 0 Å². The van der Waals surface area contributed by atoms with Gasteiger partial charge in [0.05, 0.1) is 5.56 Å². The summed E-state index contributed by atoms with van der Waals surface area (Å²) in [6.45, 7) is 1.73. The molecule has 1 aliphatic rings. The average molecular weight is 429 g/mol. The Morgan fingerprint density at radius 1 is 0.964 bits per heavy atom. The van der Waals surface area contributed by atoms with Gasteiger partial charge in [-0.25, -0.2) is 0 Å². The third kappa shape index (κ3) is 4.80. The lowest BCUT2D eigenvalue weighted by molar-refractivity contribution is -0.137. The molecule has 0 radical (unpaired) electrons. The van der Waals surface area contributed by atoms with Crippen molar-refractivity contribution in [1.29, 1.82) is 0 Å². The molecule has 2 aromatic carbocycles. The molecule has 0 unspecified atom stereocenters. The molecule has 2 aromatic rings. The van der Waals surface area contributed by atoms with Crippen LogP contribution in [0.4, 0.5) is 18.9 Å². The fourth-order valence-corrected chi connectivity index (χ4v) is 3.52. The molecule has 0 saturated carbocycles. The Hall–Kier alpha value is -2.18. The van der Waals surface area contributed by atoms with E-state index in [-0.39, 0.29) is 5.91 Å². The first-order chi connectivity index (χ1) is 13.3. The molecular formula is C20H17Cl2F3N2O. The van der Waals surface area contributed by atoms with Crippen molar-refractivity contribution in [3.8, 4) is 0 Å². The molecule has 0 bridgehead atoms. The largest absolute Gasteiger partial charge is 0.416 e. The van der Waals surface area contributed by atoms with E-state index in [0.717, 1.165) is 12.1 Å².